The minimum Gasteiger partial charge on any atom is -0.384 e. The maximum Gasteiger partial charge on any atom is 0.262 e. The number of hydrogen-bond acceptors (Lipinski definition) is 3. The lowest BCUT2D eigenvalue weighted by Crippen LogP contribution is -2.15. The van der Waals surface area contributed by atoms with Gasteiger partial charge in [0, 0.05) is 12.2 Å². The fourth-order valence-corrected chi connectivity index (χ4v) is 3.56. The van der Waals surface area contributed by atoms with Crippen molar-refractivity contribution in [3.05, 3.63) is 53.3 Å². The molecule has 0 fully saturated rings. The molecule has 0 radical (unpaired) electrons. The number of aryl methyl sites for hydroxylation is 1. The number of benzene rings is 2. The molecule has 0 atom stereocenters. The van der Waals surface area contributed by atoms with Crippen molar-refractivity contribution in [3.8, 4) is 0 Å². The molecule has 0 bridgehead atoms. The number of anilines is 2. The molecule has 1 aliphatic heterocycles. The predicted octanol–water partition coefficient (Wildman–Crippen LogP) is 2.90. The number of fused-ring (bicyclic) bond motifs is 1. The third-order valence-corrected chi connectivity index (χ3v) is 4.91. The van der Waals surface area contributed by atoms with Gasteiger partial charge in [0.05, 0.1) is 10.6 Å². The van der Waals surface area contributed by atoms with Crippen molar-refractivity contribution >= 4 is 21.4 Å². The summed E-state index contributed by atoms with van der Waals surface area (Å²) in [5, 5.41) is 3.13. The van der Waals surface area contributed by atoms with Crippen molar-refractivity contribution in [2.24, 2.45) is 0 Å². The summed E-state index contributed by atoms with van der Waals surface area (Å²) < 4.78 is 40.9. The van der Waals surface area contributed by atoms with Gasteiger partial charge in [-0.15, -0.1) is 0 Å². The summed E-state index contributed by atoms with van der Waals surface area (Å²) >= 11 is 0. The van der Waals surface area contributed by atoms with Gasteiger partial charge < -0.3 is 5.32 Å². The van der Waals surface area contributed by atoms with Crippen molar-refractivity contribution in [2.75, 3.05) is 16.6 Å². The Morgan fingerprint density at radius 1 is 1.24 bits per heavy atom. The van der Waals surface area contributed by atoms with Crippen LogP contribution in [-0.4, -0.2) is 15.0 Å². The number of halogens is 1. The second kappa shape index (κ2) is 5.04. The molecule has 21 heavy (non-hydrogen) atoms. The van der Waals surface area contributed by atoms with E-state index in [-0.39, 0.29) is 10.6 Å². The van der Waals surface area contributed by atoms with Crippen LogP contribution in [-0.2, 0) is 16.4 Å². The molecule has 0 saturated heterocycles. The van der Waals surface area contributed by atoms with Crippen LogP contribution in [0.5, 0.6) is 0 Å². The van der Waals surface area contributed by atoms with Gasteiger partial charge in [-0.1, -0.05) is 18.2 Å². The predicted molar refractivity (Wildman–Crippen MR) is 80.6 cm³/mol. The van der Waals surface area contributed by atoms with E-state index in [0.717, 1.165) is 24.2 Å². The highest BCUT2D eigenvalue weighted by Gasteiger charge is 2.20. The summed E-state index contributed by atoms with van der Waals surface area (Å²) in [6, 6.07) is 9.35. The van der Waals surface area contributed by atoms with E-state index in [1.54, 1.807) is 37.3 Å². The molecule has 2 aromatic carbocycles. The Morgan fingerprint density at radius 3 is 2.81 bits per heavy atom. The average Bonchev–Trinajstić information content (AvgIpc) is 2.90. The van der Waals surface area contributed by atoms with Crippen molar-refractivity contribution < 1.29 is 12.8 Å². The molecular formula is C15H15FN2O2S. The van der Waals surface area contributed by atoms with Gasteiger partial charge in [0.2, 0.25) is 0 Å². The van der Waals surface area contributed by atoms with E-state index in [2.05, 4.69) is 10.0 Å². The molecular weight excluding hydrogens is 291 g/mol. The second-order valence-electron chi connectivity index (χ2n) is 5.03. The molecule has 0 aliphatic carbocycles. The lowest BCUT2D eigenvalue weighted by Gasteiger charge is -2.12. The maximum absolute atomic E-state index is 13.8. The fraction of sp³-hybridized carbons (Fsp3) is 0.200. The van der Waals surface area contributed by atoms with Crippen LogP contribution in [0.3, 0.4) is 0 Å². The Labute approximate surface area is 123 Å². The first kappa shape index (κ1) is 13.9. The number of sulfonamides is 1. The van der Waals surface area contributed by atoms with Crippen LogP contribution >= 0.6 is 0 Å². The van der Waals surface area contributed by atoms with Crippen LogP contribution in [0.1, 0.15) is 11.1 Å². The first-order valence-electron chi connectivity index (χ1n) is 6.62. The maximum atomic E-state index is 13.8. The molecule has 110 valence electrons. The zero-order valence-corrected chi connectivity index (χ0v) is 12.3. The molecule has 2 N–H and O–H groups in total. The highest BCUT2D eigenvalue weighted by molar-refractivity contribution is 7.92. The summed E-state index contributed by atoms with van der Waals surface area (Å²) in [7, 11) is -3.81. The molecule has 1 aliphatic rings. The summed E-state index contributed by atoms with van der Waals surface area (Å²) in [5.74, 6) is -0.585. The van der Waals surface area contributed by atoms with E-state index < -0.39 is 15.8 Å². The normalized spacial score (nSPS) is 13.6. The van der Waals surface area contributed by atoms with E-state index in [1.165, 1.54) is 6.07 Å². The SMILES string of the molecule is Cc1cccc(F)c1NS(=O)(=O)c1ccc2c(c1)NCC2. The van der Waals surface area contributed by atoms with Gasteiger partial charge in [-0.3, -0.25) is 4.72 Å². The largest absolute Gasteiger partial charge is 0.384 e. The van der Waals surface area contributed by atoms with Gasteiger partial charge in [-0.2, -0.15) is 0 Å². The molecule has 0 saturated carbocycles. The second-order valence-corrected chi connectivity index (χ2v) is 6.72. The Kier molecular flexibility index (Phi) is 3.33. The van der Waals surface area contributed by atoms with Crippen molar-refractivity contribution in [1.29, 1.82) is 0 Å². The first-order valence-corrected chi connectivity index (χ1v) is 8.10. The minimum absolute atomic E-state index is 0.00837. The third-order valence-electron chi connectivity index (χ3n) is 3.56. The van der Waals surface area contributed by atoms with Gasteiger partial charge in [0.15, 0.2) is 0 Å². The standard InChI is InChI=1S/C15H15FN2O2S/c1-10-3-2-4-13(16)15(10)18-21(19,20)12-6-5-11-7-8-17-14(11)9-12/h2-6,9,17-18H,7-8H2,1H3. The minimum atomic E-state index is -3.81. The van der Waals surface area contributed by atoms with Crippen molar-refractivity contribution in [1.82, 2.24) is 0 Å². The van der Waals surface area contributed by atoms with Crippen LogP contribution in [0, 0.1) is 12.7 Å². The van der Waals surface area contributed by atoms with E-state index >= 15 is 0 Å². The number of hydrogen-bond donors (Lipinski definition) is 2. The van der Waals surface area contributed by atoms with Gasteiger partial charge in [0.25, 0.3) is 10.0 Å². The van der Waals surface area contributed by atoms with Crippen LogP contribution in [0.2, 0.25) is 0 Å². The number of nitrogens with one attached hydrogen (secondary N) is 2. The first-order chi connectivity index (χ1) is 9.97. The molecule has 4 nitrogen and oxygen atoms in total. The van der Waals surface area contributed by atoms with Gasteiger partial charge in [-0.25, -0.2) is 12.8 Å². The topological polar surface area (TPSA) is 58.2 Å². The van der Waals surface area contributed by atoms with E-state index in [9.17, 15) is 12.8 Å². The molecule has 0 aromatic heterocycles. The monoisotopic (exact) mass is 306 g/mol. The number of para-hydroxylation sites is 1. The lowest BCUT2D eigenvalue weighted by atomic mass is 10.2. The summed E-state index contributed by atoms with van der Waals surface area (Å²) in [5.41, 5.74) is 2.45. The van der Waals surface area contributed by atoms with Crippen LogP contribution in [0.4, 0.5) is 15.8 Å². The molecule has 0 spiro atoms. The highest BCUT2D eigenvalue weighted by atomic mass is 32.2. The third kappa shape index (κ3) is 2.58. The average molecular weight is 306 g/mol. The molecule has 6 heteroatoms. The van der Waals surface area contributed by atoms with E-state index in [0.29, 0.717) is 5.56 Å². The zero-order valence-electron chi connectivity index (χ0n) is 11.5. The smallest absolute Gasteiger partial charge is 0.262 e. The Hall–Kier alpha value is -2.08. The summed E-state index contributed by atoms with van der Waals surface area (Å²) in [6.07, 6.45) is 0.884. The van der Waals surface area contributed by atoms with E-state index in [1.807, 2.05) is 0 Å². The quantitative estimate of drug-likeness (QED) is 0.916. The van der Waals surface area contributed by atoms with Crippen LogP contribution in [0.25, 0.3) is 0 Å². The molecule has 3 rings (SSSR count). The van der Waals surface area contributed by atoms with Gasteiger partial charge >= 0.3 is 0 Å². The summed E-state index contributed by atoms with van der Waals surface area (Å²) in [6.45, 7) is 2.46. The van der Waals surface area contributed by atoms with Crippen LogP contribution < -0.4 is 10.0 Å². The number of rotatable bonds is 3. The Bertz CT molecular complexity index is 783. The van der Waals surface area contributed by atoms with Gasteiger partial charge in [-0.05, 0) is 42.7 Å². The Morgan fingerprint density at radius 2 is 2.05 bits per heavy atom. The molecule has 1 heterocycles. The molecule has 0 amide bonds. The molecule has 2 aromatic rings. The van der Waals surface area contributed by atoms with E-state index in [4.69, 9.17) is 0 Å². The molecule has 0 unspecified atom stereocenters. The summed E-state index contributed by atoms with van der Waals surface area (Å²) in [4.78, 5) is 0.123. The van der Waals surface area contributed by atoms with Crippen molar-refractivity contribution in [3.63, 3.8) is 0 Å². The zero-order chi connectivity index (χ0) is 15.0. The van der Waals surface area contributed by atoms with Crippen molar-refractivity contribution in [2.45, 2.75) is 18.2 Å². The highest BCUT2D eigenvalue weighted by Crippen LogP contribution is 2.28. The van der Waals surface area contributed by atoms with Crippen LogP contribution in [0.15, 0.2) is 41.3 Å². The fourth-order valence-electron chi connectivity index (χ4n) is 2.39. The van der Waals surface area contributed by atoms with Gasteiger partial charge in [0.1, 0.15) is 5.82 Å². The lowest BCUT2D eigenvalue weighted by molar-refractivity contribution is 0.598. The Balaban J connectivity index is 1.98.